The van der Waals surface area contributed by atoms with Gasteiger partial charge in [-0.25, -0.2) is 15.8 Å². The molecule has 1 atom stereocenters. The van der Waals surface area contributed by atoms with Crippen LogP contribution in [0.1, 0.15) is 18.3 Å². The van der Waals surface area contributed by atoms with Gasteiger partial charge in [0.25, 0.3) is 0 Å². The van der Waals surface area contributed by atoms with Crippen molar-refractivity contribution in [2.75, 3.05) is 23.9 Å². The van der Waals surface area contributed by atoms with E-state index in [9.17, 15) is 0 Å². The molecule has 0 saturated heterocycles. The van der Waals surface area contributed by atoms with Gasteiger partial charge in [-0.15, -0.1) is 0 Å². The lowest BCUT2D eigenvalue weighted by molar-refractivity contribution is 0.244. The second-order valence-corrected chi connectivity index (χ2v) is 3.91. The van der Waals surface area contributed by atoms with Gasteiger partial charge in [0.1, 0.15) is 17.5 Å². The first-order valence-corrected chi connectivity index (χ1v) is 5.25. The number of aliphatic hydroxyl groups is 1. The van der Waals surface area contributed by atoms with Gasteiger partial charge in [0, 0.05) is 18.7 Å². The third-order valence-corrected chi connectivity index (χ3v) is 2.32. The Bertz CT molecular complexity index is 355. The van der Waals surface area contributed by atoms with Crippen LogP contribution in [-0.4, -0.2) is 28.2 Å². The first-order chi connectivity index (χ1) is 7.58. The molecule has 1 aromatic rings. The Kier molecular flexibility index (Phi) is 4.45. The van der Waals surface area contributed by atoms with Crippen molar-refractivity contribution in [2.45, 2.75) is 20.8 Å². The Morgan fingerprint density at radius 3 is 2.50 bits per heavy atom. The zero-order chi connectivity index (χ0) is 12.1. The maximum Gasteiger partial charge on any atom is 0.148 e. The average Bonchev–Trinajstić information content (AvgIpc) is 2.29. The van der Waals surface area contributed by atoms with Crippen LogP contribution in [0.2, 0.25) is 0 Å². The number of nitrogens with two attached hydrogens (primary N) is 1. The molecule has 16 heavy (non-hydrogen) atoms. The molecular weight excluding hydrogens is 206 g/mol. The minimum atomic E-state index is 0.151. The smallest absolute Gasteiger partial charge is 0.148 e. The molecule has 90 valence electrons. The van der Waals surface area contributed by atoms with E-state index in [-0.39, 0.29) is 12.5 Å². The molecule has 0 spiro atoms. The Morgan fingerprint density at radius 2 is 1.94 bits per heavy atom. The van der Waals surface area contributed by atoms with Crippen molar-refractivity contribution in [1.29, 1.82) is 0 Å². The summed E-state index contributed by atoms with van der Waals surface area (Å²) in [7, 11) is 0. The lowest BCUT2D eigenvalue weighted by atomic mass is 10.2. The molecule has 0 radical (unpaired) electrons. The van der Waals surface area contributed by atoms with Gasteiger partial charge in [-0.3, -0.25) is 0 Å². The van der Waals surface area contributed by atoms with Gasteiger partial charge in [0.15, 0.2) is 0 Å². The number of hydrazine groups is 1. The monoisotopic (exact) mass is 225 g/mol. The van der Waals surface area contributed by atoms with E-state index < -0.39 is 0 Å². The fraction of sp³-hybridized carbons (Fsp3) is 0.600. The maximum atomic E-state index is 8.93. The van der Waals surface area contributed by atoms with Gasteiger partial charge in [-0.05, 0) is 19.8 Å². The highest BCUT2D eigenvalue weighted by Crippen LogP contribution is 2.18. The minimum absolute atomic E-state index is 0.151. The lowest BCUT2D eigenvalue weighted by Gasteiger charge is -2.14. The molecule has 6 nitrogen and oxygen atoms in total. The summed E-state index contributed by atoms with van der Waals surface area (Å²) >= 11 is 0. The Hall–Kier alpha value is -1.40. The third-order valence-electron chi connectivity index (χ3n) is 2.32. The standard InChI is InChI=1S/C10H19N5O/c1-6(5-16)4-12-9-7(2)10(15-11)14-8(3)13-9/h6,16H,4-5,11H2,1-3H3,(H2,12,13,14,15). The second-order valence-electron chi connectivity index (χ2n) is 3.91. The number of nitrogens with zero attached hydrogens (tertiary/aromatic N) is 2. The largest absolute Gasteiger partial charge is 0.396 e. The van der Waals surface area contributed by atoms with E-state index in [1.165, 1.54) is 0 Å². The Balaban J connectivity index is 2.83. The van der Waals surface area contributed by atoms with E-state index in [2.05, 4.69) is 20.7 Å². The molecule has 1 heterocycles. The molecule has 0 aliphatic carbocycles. The average molecular weight is 225 g/mol. The summed E-state index contributed by atoms with van der Waals surface area (Å²) in [5, 5.41) is 12.1. The van der Waals surface area contributed by atoms with Gasteiger partial charge in [0.2, 0.25) is 0 Å². The van der Waals surface area contributed by atoms with Crippen LogP contribution in [0.25, 0.3) is 0 Å². The number of aliphatic hydroxyl groups excluding tert-OH is 1. The normalized spacial score (nSPS) is 12.3. The molecule has 5 N–H and O–H groups in total. The predicted octanol–water partition coefficient (Wildman–Crippen LogP) is 0.419. The Morgan fingerprint density at radius 1 is 1.31 bits per heavy atom. The van der Waals surface area contributed by atoms with Crippen molar-refractivity contribution < 1.29 is 5.11 Å². The van der Waals surface area contributed by atoms with Gasteiger partial charge in [-0.2, -0.15) is 0 Å². The molecular formula is C10H19N5O. The van der Waals surface area contributed by atoms with Crippen molar-refractivity contribution in [3.05, 3.63) is 11.4 Å². The van der Waals surface area contributed by atoms with Gasteiger partial charge in [0.05, 0.1) is 0 Å². The minimum Gasteiger partial charge on any atom is -0.396 e. The SMILES string of the molecule is Cc1nc(NN)c(C)c(NCC(C)CO)n1. The topological polar surface area (TPSA) is 96.1 Å². The summed E-state index contributed by atoms with van der Waals surface area (Å²) in [5.74, 6) is 7.57. The van der Waals surface area contributed by atoms with E-state index in [0.29, 0.717) is 18.2 Å². The van der Waals surface area contributed by atoms with Gasteiger partial charge < -0.3 is 15.8 Å². The zero-order valence-corrected chi connectivity index (χ0v) is 9.91. The fourth-order valence-electron chi connectivity index (χ4n) is 1.28. The van der Waals surface area contributed by atoms with Crippen LogP contribution in [0, 0.1) is 19.8 Å². The van der Waals surface area contributed by atoms with E-state index in [1.54, 1.807) is 6.92 Å². The van der Waals surface area contributed by atoms with Crippen LogP contribution in [0.5, 0.6) is 0 Å². The first kappa shape index (κ1) is 12.7. The van der Waals surface area contributed by atoms with Crippen molar-refractivity contribution in [1.82, 2.24) is 9.97 Å². The number of hydrogen-bond acceptors (Lipinski definition) is 6. The highest BCUT2D eigenvalue weighted by Gasteiger charge is 2.08. The van der Waals surface area contributed by atoms with Crippen molar-refractivity contribution in [3.8, 4) is 0 Å². The summed E-state index contributed by atoms with van der Waals surface area (Å²) in [4.78, 5) is 8.45. The van der Waals surface area contributed by atoms with Gasteiger partial charge in [-0.1, -0.05) is 6.92 Å². The molecule has 0 fully saturated rings. The molecule has 0 amide bonds. The molecule has 0 bridgehead atoms. The van der Waals surface area contributed by atoms with Gasteiger partial charge >= 0.3 is 0 Å². The number of rotatable bonds is 5. The van der Waals surface area contributed by atoms with E-state index in [1.807, 2.05) is 13.8 Å². The van der Waals surface area contributed by atoms with Crippen molar-refractivity contribution in [3.63, 3.8) is 0 Å². The van der Waals surface area contributed by atoms with Crippen LogP contribution >= 0.6 is 0 Å². The summed E-state index contributed by atoms with van der Waals surface area (Å²) in [5.41, 5.74) is 3.41. The molecule has 0 saturated carbocycles. The number of nitrogens with one attached hydrogen (secondary N) is 2. The zero-order valence-electron chi connectivity index (χ0n) is 9.91. The highest BCUT2D eigenvalue weighted by molar-refractivity contribution is 5.56. The molecule has 1 rings (SSSR count). The number of aryl methyl sites for hydroxylation is 1. The molecule has 1 aromatic heterocycles. The van der Waals surface area contributed by atoms with Crippen molar-refractivity contribution in [2.24, 2.45) is 11.8 Å². The van der Waals surface area contributed by atoms with Crippen LogP contribution < -0.4 is 16.6 Å². The molecule has 0 aliphatic rings. The summed E-state index contributed by atoms with van der Waals surface area (Å²) in [6, 6.07) is 0. The molecule has 0 aromatic carbocycles. The highest BCUT2D eigenvalue weighted by atomic mass is 16.3. The summed E-state index contributed by atoms with van der Waals surface area (Å²) < 4.78 is 0. The van der Waals surface area contributed by atoms with Crippen LogP contribution in [0.15, 0.2) is 0 Å². The Labute approximate surface area is 95.3 Å². The first-order valence-electron chi connectivity index (χ1n) is 5.25. The lowest BCUT2D eigenvalue weighted by Crippen LogP contribution is -2.18. The van der Waals surface area contributed by atoms with E-state index in [4.69, 9.17) is 10.9 Å². The third kappa shape index (κ3) is 3.04. The number of aromatic nitrogens is 2. The fourth-order valence-corrected chi connectivity index (χ4v) is 1.28. The molecule has 6 heteroatoms. The van der Waals surface area contributed by atoms with E-state index in [0.717, 1.165) is 11.4 Å². The summed E-state index contributed by atoms with van der Waals surface area (Å²) in [6.07, 6.45) is 0. The summed E-state index contributed by atoms with van der Waals surface area (Å²) in [6.45, 7) is 6.47. The number of hydrogen-bond donors (Lipinski definition) is 4. The van der Waals surface area contributed by atoms with Crippen LogP contribution in [0.4, 0.5) is 11.6 Å². The van der Waals surface area contributed by atoms with Crippen LogP contribution in [-0.2, 0) is 0 Å². The van der Waals surface area contributed by atoms with Crippen molar-refractivity contribution >= 4 is 11.6 Å². The number of anilines is 2. The molecule has 1 unspecified atom stereocenters. The number of nitrogen functional groups attached to an aromatic ring is 1. The van der Waals surface area contributed by atoms with Crippen LogP contribution in [0.3, 0.4) is 0 Å². The predicted molar refractivity (Wildman–Crippen MR) is 64.1 cm³/mol. The van der Waals surface area contributed by atoms with E-state index >= 15 is 0 Å². The second kappa shape index (κ2) is 5.62. The molecule has 0 aliphatic heterocycles. The maximum absolute atomic E-state index is 8.93. The quantitative estimate of drug-likeness (QED) is 0.428.